The summed E-state index contributed by atoms with van der Waals surface area (Å²) < 4.78 is 0. The molecule has 0 saturated carbocycles. The molecule has 0 amide bonds. The molecule has 0 aromatic rings. The molecule has 0 saturated heterocycles. The number of aliphatic hydroxyl groups excluding tert-OH is 3. The lowest BCUT2D eigenvalue weighted by molar-refractivity contribution is -0.0783. The molecule has 100 valence electrons. The fourth-order valence-corrected chi connectivity index (χ4v) is 1.81. The second-order valence-electron chi connectivity index (χ2n) is 5.64. The first-order chi connectivity index (χ1) is 7.54. The Kier molecular flexibility index (Phi) is 4.01. The van der Waals surface area contributed by atoms with Crippen LogP contribution >= 0.6 is 0 Å². The normalized spacial score (nSPS) is 36.6. The topological polar surface area (TPSA) is 101 Å². The first kappa shape index (κ1) is 14.6. The van der Waals surface area contributed by atoms with Gasteiger partial charge in [0, 0.05) is 6.42 Å². The maximum absolute atomic E-state index is 9.80. The van der Waals surface area contributed by atoms with E-state index >= 15 is 0 Å². The molecular formula is C12H22O5. The van der Waals surface area contributed by atoms with Crippen molar-refractivity contribution in [1.29, 1.82) is 0 Å². The Balaban J connectivity index is 2.79. The number of rotatable bonds is 3. The highest BCUT2D eigenvalue weighted by Crippen LogP contribution is 2.31. The van der Waals surface area contributed by atoms with E-state index in [1.807, 2.05) is 0 Å². The van der Waals surface area contributed by atoms with Gasteiger partial charge in [0.1, 0.15) is 6.10 Å². The maximum atomic E-state index is 9.80. The fraction of sp³-hybridized carbons (Fsp3) is 0.833. The lowest BCUT2D eigenvalue weighted by atomic mass is 9.80. The standard InChI is InChI=1S/C12H22O5/c1-11(2,16)9(14)4-7-5-10(15)12(3,17)6-8(7)13/h5,8-10,13-17H,4,6H2,1-3H3/t8-,9+,10+,12+/m1/s1. The van der Waals surface area contributed by atoms with Crippen molar-refractivity contribution in [2.24, 2.45) is 0 Å². The van der Waals surface area contributed by atoms with Crippen LogP contribution in [0.15, 0.2) is 11.6 Å². The zero-order valence-electron chi connectivity index (χ0n) is 10.5. The predicted molar refractivity (Wildman–Crippen MR) is 62.3 cm³/mol. The molecule has 0 radical (unpaired) electrons. The Labute approximate surface area is 101 Å². The third kappa shape index (κ3) is 3.50. The highest BCUT2D eigenvalue weighted by molar-refractivity contribution is 5.20. The molecule has 0 heterocycles. The molecule has 5 nitrogen and oxygen atoms in total. The van der Waals surface area contributed by atoms with E-state index in [0.29, 0.717) is 5.57 Å². The van der Waals surface area contributed by atoms with Crippen molar-refractivity contribution in [1.82, 2.24) is 0 Å². The minimum absolute atomic E-state index is 0.0125. The lowest BCUT2D eigenvalue weighted by Gasteiger charge is -2.37. The fourth-order valence-electron chi connectivity index (χ4n) is 1.81. The van der Waals surface area contributed by atoms with Crippen LogP contribution < -0.4 is 0 Å². The van der Waals surface area contributed by atoms with Gasteiger partial charge >= 0.3 is 0 Å². The molecule has 1 rings (SSSR count). The van der Waals surface area contributed by atoms with E-state index in [1.54, 1.807) is 0 Å². The molecule has 1 aliphatic rings. The van der Waals surface area contributed by atoms with Gasteiger partial charge in [-0.05, 0) is 32.8 Å². The first-order valence-corrected chi connectivity index (χ1v) is 5.73. The summed E-state index contributed by atoms with van der Waals surface area (Å²) in [4.78, 5) is 0. The predicted octanol–water partition coefficient (Wildman–Crippen LogP) is -0.689. The molecule has 0 unspecified atom stereocenters. The van der Waals surface area contributed by atoms with E-state index in [2.05, 4.69) is 0 Å². The second-order valence-corrected chi connectivity index (χ2v) is 5.64. The highest BCUT2D eigenvalue weighted by Gasteiger charge is 2.38. The molecule has 5 N–H and O–H groups in total. The Hall–Kier alpha value is -0.460. The van der Waals surface area contributed by atoms with Gasteiger partial charge in [0.2, 0.25) is 0 Å². The van der Waals surface area contributed by atoms with Gasteiger partial charge in [0.05, 0.1) is 23.4 Å². The van der Waals surface area contributed by atoms with Crippen LogP contribution in [0.5, 0.6) is 0 Å². The average molecular weight is 246 g/mol. The van der Waals surface area contributed by atoms with Gasteiger partial charge in [-0.25, -0.2) is 0 Å². The van der Waals surface area contributed by atoms with Crippen LogP contribution in [0.2, 0.25) is 0 Å². The van der Waals surface area contributed by atoms with Crippen LogP contribution in [-0.2, 0) is 0 Å². The van der Waals surface area contributed by atoms with Crippen molar-refractivity contribution < 1.29 is 25.5 Å². The summed E-state index contributed by atoms with van der Waals surface area (Å²) in [6.45, 7) is 4.39. The van der Waals surface area contributed by atoms with Crippen molar-refractivity contribution >= 4 is 0 Å². The number of hydrogen-bond donors (Lipinski definition) is 5. The van der Waals surface area contributed by atoms with Gasteiger partial charge in [-0.2, -0.15) is 0 Å². The molecule has 4 atom stereocenters. The molecule has 1 aliphatic carbocycles. The Morgan fingerprint density at radius 1 is 1.47 bits per heavy atom. The first-order valence-electron chi connectivity index (χ1n) is 5.73. The maximum Gasteiger partial charge on any atom is 0.101 e. The van der Waals surface area contributed by atoms with Crippen LogP contribution in [-0.4, -0.2) is 55.0 Å². The van der Waals surface area contributed by atoms with Gasteiger partial charge in [0.25, 0.3) is 0 Å². The number of aliphatic hydroxyl groups is 5. The summed E-state index contributed by atoms with van der Waals surface area (Å²) in [5.74, 6) is 0. The minimum Gasteiger partial charge on any atom is -0.390 e. The molecule has 0 spiro atoms. The van der Waals surface area contributed by atoms with E-state index < -0.39 is 29.5 Å². The minimum atomic E-state index is -1.36. The van der Waals surface area contributed by atoms with Crippen LogP contribution in [0.3, 0.4) is 0 Å². The molecular weight excluding hydrogens is 224 g/mol. The largest absolute Gasteiger partial charge is 0.390 e. The van der Waals surface area contributed by atoms with Gasteiger partial charge in [-0.3, -0.25) is 0 Å². The number of hydrogen-bond acceptors (Lipinski definition) is 5. The summed E-state index contributed by atoms with van der Waals surface area (Å²) in [5.41, 5.74) is -2.19. The smallest absolute Gasteiger partial charge is 0.101 e. The van der Waals surface area contributed by atoms with Crippen LogP contribution in [0.4, 0.5) is 0 Å². The molecule has 0 aromatic carbocycles. The summed E-state index contributed by atoms with van der Waals surface area (Å²) in [7, 11) is 0. The Morgan fingerprint density at radius 2 is 2.00 bits per heavy atom. The van der Waals surface area contributed by atoms with Crippen LogP contribution in [0, 0.1) is 0 Å². The molecule has 5 heteroatoms. The summed E-state index contributed by atoms with van der Waals surface area (Å²) >= 11 is 0. The van der Waals surface area contributed by atoms with Gasteiger partial charge in [-0.1, -0.05) is 6.08 Å². The van der Waals surface area contributed by atoms with Gasteiger partial charge in [-0.15, -0.1) is 0 Å². The van der Waals surface area contributed by atoms with E-state index in [1.165, 1.54) is 26.8 Å². The Bertz CT molecular complexity index is 303. The SMILES string of the molecule is CC(C)(O)[C@@H](O)CC1=C[C@H](O)[C@@](C)(O)C[C@H]1O. The third-order valence-corrected chi connectivity index (χ3v) is 3.29. The van der Waals surface area contributed by atoms with Crippen molar-refractivity contribution in [2.45, 2.75) is 63.1 Å². The van der Waals surface area contributed by atoms with E-state index in [9.17, 15) is 25.5 Å². The summed E-state index contributed by atoms with van der Waals surface area (Å²) in [6.07, 6.45) is -1.58. The second kappa shape index (κ2) is 4.66. The van der Waals surface area contributed by atoms with Crippen molar-refractivity contribution in [3.63, 3.8) is 0 Å². The van der Waals surface area contributed by atoms with Crippen molar-refractivity contribution in [3.8, 4) is 0 Å². The molecule has 0 aliphatic heterocycles. The monoisotopic (exact) mass is 246 g/mol. The third-order valence-electron chi connectivity index (χ3n) is 3.29. The molecule has 0 aromatic heterocycles. The quantitative estimate of drug-likeness (QED) is 0.424. The lowest BCUT2D eigenvalue weighted by Crippen LogP contribution is -2.46. The van der Waals surface area contributed by atoms with Gasteiger partial charge in [0.15, 0.2) is 0 Å². The zero-order chi connectivity index (χ0) is 13.4. The molecule has 0 bridgehead atoms. The summed E-state index contributed by atoms with van der Waals surface area (Å²) in [5, 5.41) is 48.5. The molecule has 17 heavy (non-hydrogen) atoms. The summed E-state index contributed by atoms with van der Waals surface area (Å²) in [6, 6.07) is 0. The highest BCUT2D eigenvalue weighted by atomic mass is 16.3. The zero-order valence-corrected chi connectivity index (χ0v) is 10.5. The van der Waals surface area contributed by atoms with Crippen LogP contribution in [0.25, 0.3) is 0 Å². The Morgan fingerprint density at radius 3 is 2.47 bits per heavy atom. The van der Waals surface area contributed by atoms with Crippen molar-refractivity contribution in [2.75, 3.05) is 0 Å². The van der Waals surface area contributed by atoms with Gasteiger partial charge < -0.3 is 25.5 Å². The van der Waals surface area contributed by atoms with Crippen LogP contribution in [0.1, 0.15) is 33.6 Å². The average Bonchev–Trinajstić information content (AvgIpc) is 2.11. The van der Waals surface area contributed by atoms with E-state index in [4.69, 9.17) is 0 Å². The van der Waals surface area contributed by atoms with E-state index in [-0.39, 0.29) is 12.8 Å². The van der Waals surface area contributed by atoms with Crippen molar-refractivity contribution in [3.05, 3.63) is 11.6 Å². The van der Waals surface area contributed by atoms with E-state index in [0.717, 1.165) is 0 Å². The molecule has 0 fully saturated rings.